The maximum absolute atomic E-state index is 12.1. The molecule has 0 saturated carbocycles. The van der Waals surface area contributed by atoms with Gasteiger partial charge in [0.05, 0.1) is 7.11 Å². The molecule has 1 N–H and O–H groups in total. The predicted molar refractivity (Wildman–Crippen MR) is 102 cm³/mol. The van der Waals surface area contributed by atoms with E-state index in [2.05, 4.69) is 24.1 Å². The molecule has 1 aromatic heterocycles. The van der Waals surface area contributed by atoms with Gasteiger partial charge in [0, 0.05) is 24.1 Å². The number of hydrogen-bond acceptors (Lipinski definition) is 4. The van der Waals surface area contributed by atoms with Gasteiger partial charge in [-0.15, -0.1) is 0 Å². The van der Waals surface area contributed by atoms with E-state index in [0.717, 1.165) is 16.8 Å². The number of nitrogens with one attached hydrogen (secondary N) is 1. The van der Waals surface area contributed by atoms with Crippen LogP contribution in [0.15, 0.2) is 59.0 Å². The molecule has 26 heavy (non-hydrogen) atoms. The first kappa shape index (κ1) is 17.7. The summed E-state index contributed by atoms with van der Waals surface area (Å²) < 4.78 is 10.7. The molecular weight excluding hydrogens is 328 g/mol. The van der Waals surface area contributed by atoms with Gasteiger partial charge in [0.2, 0.25) is 11.8 Å². The number of oxazole rings is 1. The average Bonchev–Trinajstić information content (AvgIpc) is 3.08. The van der Waals surface area contributed by atoms with Crippen molar-refractivity contribution >= 4 is 23.1 Å². The number of hydrogen-bond donors (Lipinski definition) is 1. The van der Waals surface area contributed by atoms with Crippen molar-refractivity contribution in [2.75, 3.05) is 13.7 Å². The van der Waals surface area contributed by atoms with Gasteiger partial charge in [0.25, 0.3) is 0 Å². The van der Waals surface area contributed by atoms with Crippen molar-refractivity contribution in [2.24, 2.45) is 0 Å². The highest BCUT2D eigenvalue weighted by Gasteiger charge is 2.21. The number of amides is 1. The SMILES string of the molecule is COc1ccc(C(C)(C)CNC(=O)C=Cc2nc3ccccc3o2)cc1. The molecule has 0 unspecified atom stereocenters. The second-order valence-electron chi connectivity index (χ2n) is 6.68. The number of carbonyl (C=O) groups is 1. The number of para-hydroxylation sites is 2. The third-order valence-electron chi connectivity index (χ3n) is 4.26. The third kappa shape index (κ3) is 4.11. The van der Waals surface area contributed by atoms with Gasteiger partial charge in [-0.3, -0.25) is 4.79 Å². The second kappa shape index (κ2) is 7.44. The molecule has 3 aromatic rings. The minimum Gasteiger partial charge on any atom is -0.497 e. The molecule has 0 atom stereocenters. The summed E-state index contributed by atoms with van der Waals surface area (Å²) in [6, 6.07) is 15.4. The van der Waals surface area contributed by atoms with Crippen LogP contribution in [0.1, 0.15) is 25.3 Å². The van der Waals surface area contributed by atoms with Crippen molar-refractivity contribution < 1.29 is 13.9 Å². The largest absolute Gasteiger partial charge is 0.497 e. The summed E-state index contributed by atoms with van der Waals surface area (Å²) in [4.78, 5) is 16.4. The van der Waals surface area contributed by atoms with Gasteiger partial charge in [0.15, 0.2) is 5.58 Å². The Kier molecular flexibility index (Phi) is 5.07. The van der Waals surface area contributed by atoms with Gasteiger partial charge < -0.3 is 14.5 Å². The summed E-state index contributed by atoms with van der Waals surface area (Å²) in [7, 11) is 1.64. The summed E-state index contributed by atoms with van der Waals surface area (Å²) in [5.41, 5.74) is 2.40. The fraction of sp³-hybridized carbons (Fsp3) is 0.238. The molecule has 5 heteroatoms. The number of ether oxygens (including phenoxy) is 1. The summed E-state index contributed by atoms with van der Waals surface area (Å²) in [6.45, 7) is 4.68. The first-order valence-corrected chi connectivity index (χ1v) is 8.44. The molecule has 1 amide bonds. The fourth-order valence-electron chi connectivity index (χ4n) is 2.62. The Morgan fingerprint density at radius 1 is 1.19 bits per heavy atom. The van der Waals surface area contributed by atoms with Crippen LogP contribution in [0.2, 0.25) is 0 Å². The number of carbonyl (C=O) groups excluding carboxylic acids is 1. The highest BCUT2D eigenvalue weighted by Crippen LogP contribution is 2.24. The summed E-state index contributed by atoms with van der Waals surface area (Å²) >= 11 is 0. The molecule has 5 nitrogen and oxygen atoms in total. The van der Waals surface area contributed by atoms with Gasteiger partial charge in [-0.2, -0.15) is 0 Å². The lowest BCUT2D eigenvalue weighted by Crippen LogP contribution is -2.35. The van der Waals surface area contributed by atoms with E-state index in [0.29, 0.717) is 18.0 Å². The quantitative estimate of drug-likeness (QED) is 0.684. The van der Waals surface area contributed by atoms with Gasteiger partial charge in [-0.25, -0.2) is 4.98 Å². The Labute approximate surface area is 152 Å². The van der Waals surface area contributed by atoms with E-state index in [9.17, 15) is 4.79 Å². The zero-order valence-electron chi connectivity index (χ0n) is 15.2. The van der Waals surface area contributed by atoms with Crippen LogP contribution in [0.3, 0.4) is 0 Å². The van der Waals surface area contributed by atoms with E-state index in [4.69, 9.17) is 9.15 Å². The first-order chi connectivity index (χ1) is 12.5. The van der Waals surface area contributed by atoms with Crippen molar-refractivity contribution in [1.29, 1.82) is 0 Å². The minimum atomic E-state index is -0.201. The van der Waals surface area contributed by atoms with Crippen LogP contribution in [0.4, 0.5) is 0 Å². The van der Waals surface area contributed by atoms with Crippen LogP contribution in [-0.4, -0.2) is 24.5 Å². The van der Waals surface area contributed by atoms with Crippen molar-refractivity contribution in [3.63, 3.8) is 0 Å². The highest BCUT2D eigenvalue weighted by atomic mass is 16.5. The zero-order valence-corrected chi connectivity index (χ0v) is 15.2. The fourth-order valence-corrected chi connectivity index (χ4v) is 2.62. The van der Waals surface area contributed by atoms with Gasteiger partial charge in [-0.1, -0.05) is 38.1 Å². The number of rotatable bonds is 6. The molecule has 0 radical (unpaired) electrons. The molecule has 0 aliphatic carbocycles. The van der Waals surface area contributed by atoms with E-state index in [1.807, 2.05) is 48.5 Å². The standard InChI is InChI=1S/C21H22N2O3/c1-21(2,15-8-10-16(25-3)11-9-15)14-22-19(24)12-13-20-23-17-6-4-5-7-18(17)26-20/h4-13H,14H2,1-3H3,(H,22,24). The van der Waals surface area contributed by atoms with Crippen LogP contribution in [-0.2, 0) is 10.2 Å². The molecule has 2 aromatic carbocycles. The smallest absolute Gasteiger partial charge is 0.244 e. The van der Waals surface area contributed by atoms with Gasteiger partial charge >= 0.3 is 0 Å². The molecular formula is C21H22N2O3. The van der Waals surface area contributed by atoms with E-state index >= 15 is 0 Å². The highest BCUT2D eigenvalue weighted by molar-refractivity contribution is 5.91. The zero-order chi connectivity index (χ0) is 18.6. The molecule has 0 aliphatic heterocycles. The molecule has 3 rings (SSSR count). The first-order valence-electron chi connectivity index (χ1n) is 8.44. The van der Waals surface area contributed by atoms with Crippen molar-refractivity contribution in [3.05, 3.63) is 66.1 Å². The lowest BCUT2D eigenvalue weighted by Gasteiger charge is -2.25. The molecule has 0 bridgehead atoms. The minimum absolute atomic E-state index is 0.186. The maximum Gasteiger partial charge on any atom is 0.244 e. The van der Waals surface area contributed by atoms with Gasteiger partial charge in [-0.05, 0) is 29.8 Å². The third-order valence-corrected chi connectivity index (χ3v) is 4.26. The summed E-state index contributed by atoms with van der Waals surface area (Å²) in [5, 5.41) is 2.93. The second-order valence-corrected chi connectivity index (χ2v) is 6.68. The molecule has 134 valence electrons. The van der Waals surface area contributed by atoms with Crippen LogP contribution < -0.4 is 10.1 Å². The Morgan fingerprint density at radius 2 is 1.92 bits per heavy atom. The Balaban J connectivity index is 1.60. The number of fused-ring (bicyclic) bond motifs is 1. The number of nitrogens with zero attached hydrogens (tertiary/aromatic N) is 1. The van der Waals surface area contributed by atoms with Gasteiger partial charge in [0.1, 0.15) is 11.3 Å². The molecule has 0 spiro atoms. The maximum atomic E-state index is 12.1. The van der Waals surface area contributed by atoms with E-state index in [1.54, 1.807) is 13.2 Å². The number of methoxy groups -OCH3 is 1. The summed E-state index contributed by atoms with van der Waals surface area (Å²) in [5.74, 6) is 1.04. The molecule has 0 saturated heterocycles. The van der Waals surface area contributed by atoms with E-state index in [1.165, 1.54) is 6.08 Å². The van der Waals surface area contributed by atoms with E-state index in [-0.39, 0.29) is 11.3 Å². The Morgan fingerprint density at radius 3 is 2.62 bits per heavy atom. The Bertz CT molecular complexity index is 891. The van der Waals surface area contributed by atoms with Crippen LogP contribution >= 0.6 is 0 Å². The van der Waals surface area contributed by atoms with Crippen LogP contribution in [0, 0.1) is 0 Å². The van der Waals surface area contributed by atoms with Crippen molar-refractivity contribution in [2.45, 2.75) is 19.3 Å². The lowest BCUT2D eigenvalue weighted by atomic mass is 9.84. The number of aromatic nitrogens is 1. The normalized spacial score (nSPS) is 11.8. The average molecular weight is 350 g/mol. The van der Waals surface area contributed by atoms with Crippen molar-refractivity contribution in [3.8, 4) is 5.75 Å². The predicted octanol–water partition coefficient (Wildman–Crippen LogP) is 3.94. The lowest BCUT2D eigenvalue weighted by molar-refractivity contribution is -0.116. The topological polar surface area (TPSA) is 64.4 Å². The number of benzene rings is 2. The van der Waals surface area contributed by atoms with Crippen LogP contribution in [0.25, 0.3) is 17.2 Å². The monoisotopic (exact) mass is 350 g/mol. The Hall–Kier alpha value is -3.08. The molecule has 1 heterocycles. The van der Waals surface area contributed by atoms with Crippen molar-refractivity contribution in [1.82, 2.24) is 10.3 Å². The molecule has 0 aliphatic rings. The summed E-state index contributed by atoms with van der Waals surface area (Å²) in [6.07, 6.45) is 3.02. The van der Waals surface area contributed by atoms with Crippen LogP contribution in [0.5, 0.6) is 5.75 Å². The molecule has 0 fully saturated rings. The van der Waals surface area contributed by atoms with E-state index < -0.39 is 0 Å².